The first kappa shape index (κ1) is 12.9. The summed E-state index contributed by atoms with van der Waals surface area (Å²) in [5.41, 5.74) is 11.1. The van der Waals surface area contributed by atoms with Crippen LogP contribution in [0.3, 0.4) is 0 Å². The molecule has 5 N–H and O–H groups in total. The number of hydrogen-bond acceptors (Lipinski definition) is 4. The zero-order chi connectivity index (χ0) is 12.1. The Hall–Kier alpha value is -1.14. The van der Waals surface area contributed by atoms with Crippen LogP contribution in [0.25, 0.3) is 0 Å². The second-order valence-corrected chi connectivity index (χ2v) is 4.07. The van der Waals surface area contributed by atoms with Gasteiger partial charge in [0.25, 0.3) is 0 Å². The number of rotatable bonds is 6. The molecule has 1 amide bonds. The van der Waals surface area contributed by atoms with E-state index in [1.165, 1.54) is 0 Å². The van der Waals surface area contributed by atoms with Crippen LogP contribution in [0, 0.1) is 0 Å². The molecule has 0 spiro atoms. The number of unbranched alkanes of at least 4 members (excludes halogenated alkanes) is 1. The molecule has 0 radical (unpaired) electrons. The van der Waals surface area contributed by atoms with Crippen molar-refractivity contribution >= 4 is 11.9 Å². The van der Waals surface area contributed by atoms with Gasteiger partial charge in [0.15, 0.2) is 5.78 Å². The highest BCUT2D eigenvalue weighted by Crippen LogP contribution is 2.20. The fraction of sp³-hybridized carbons (Fsp3) is 0.800. The van der Waals surface area contributed by atoms with Crippen LogP contribution in [0.1, 0.15) is 25.7 Å². The molecule has 1 saturated heterocycles. The minimum absolute atomic E-state index is 0.161. The largest absolute Gasteiger partial charge is 0.465 e. The summed E-state index contributed by atoms with van der Waals surface area (Å²) in [4.78, 5) is 23.6. The highest BCUT2D eigenvalue weighted by molar-refractivity contribution is 5.92. The molecular weight excluding hydrogens is 210 g/mol. The van der Waals surface area contributed by atoms with Gasteiger partial charge in [-0.15, -0.1) is 0 Å². The molecule has 0 aliphatic carbocycles. The summed E-state index contributed by atoms with van der Waals surface area (Å²) in [7, 11) is 0. The van der Waals surface area contributed by atoms with E-state index in [0.29, 0.717) is 25.9 Å². The number of carboxylic acid groups (broad SMARTS) is 1. The van der Waals surface area contributed by atoms with Crippen molar-refractivity contribution in [2.75, 3.05) is 13.1 Å². The highest BCUT2D eigenvalue weighted by atomic mass is 16.4. The molecule has 0 aromatic heterocycles. The van der Waals surface area contributed by atoms with Crippen LogP contribution in [-0.2, 0) is 4.79 Å². The van der Waals surface area contributed by atoms with Gasteiger partial charge in [-0.2, -0.15) is 0 Å². The molecule has 1 aliphatic heterocycles. The monoisotopic (exact) mass is 229 g/mol. The Morgan fingerprint density at radius 1 is 1.44 bits per heavy atom. The van der Waals surface area contributed by atoms with Gasteiger partial charge in [0, 0.05) is 6.54 Å². The van der Waals surface area contributed by atoms with Crippen LogP contribution in [0.2, 0.25) is 0 Å². The normalized spacial score (nSPS) is 21.4. The molecule has 2 atom stereocenters. The van der Waals surface area contributed by atoms with Crippen LogP contribution in [0.5, 0.6) is 0 Å². The number of carbonyl (C=O) groups is 2. The zero-order valence-corrected chi connectivity index (χ0v) is 9.26. The fourth-order valence-electron chi connectivity index (χ4n) is 1.81. The van der Waals surface area contributed by atoms with Crippen LogP contribution in [0.15, 0.2) is 0 Å². The molecule has 6 heteroatoms. The Bertz CT molecular complexity index is 270. The molecule has 0 bridgehead atoms. The second kappa shape index (κ2) is 5.81. The average molecular weight is 229 g/mol. The predicted octanol–water partition coefficient (Wildman–Crippen LogP) is -0.236. The van der Waals surface area contributed by atoms with Crippen LogP contribution in [-0.4, -0.2) is 47.1 Å². The number of ketones is 1. The molecule has 92 valence electrons. The van der Waals surface area contributed by atoms with Gasteiger partial charge in [-0.1, -0.05) is 6.42 Å². The molecule has 16 heavy (non-hydrogen) atoms. The lowest BCUT2D eigenvalue weighted by Crippen LogP contribution is -2.58. The summed E-state index contributed by atoms with van der Waals surface area (Å²) < 4.78 is 0. The predicted molar refractivity (Wildman–Crippen MR) is 59.0 cm³/mol. The quantitative estimate of drug-likeness (QED) is 0.545. The minimum atomic E-state index is -1.04. The van der Waals surface area contributed by atoms with Crippen LogP contribution < -0.4 is 11.5 Å². The summed E-state index contributed by atoms with van der Waals surface area (Å²) in [5.74, 6) is -0.161. The molecule has 1 heterocycles. The maximum Gasteiger partial charge on any atom is 0.407 e. The van der Waals surface area contributed by atoms with Gasteiger partial charge in [-0.3, -0.25) is 9.69 Å². The van der Waals surface area contributed by atoms with E-state index in [0.717, 1.165) is 17.7 Å². The van der Waals surface area contributed by atoms with Gasteiger partial charge in [0.05, 0.1) is 12.1 Å². The van der Waals surface area contributed by atoms with E-state index >= 15 is 0 Å². The van der Waals surface area contributed by atoms with E-state index in [-0.39, 0.29) is 5.78 Å². The van der Waals surface area contributed by atoms with Crippen LogP contribution >= 0.6 is 0 Å². The number of Topliss-reactive ketones (excluding diaryl/α,β-unsaturated/α-hetero) is 1. The summed E-state index contributed by atoms with van der Waals surface area (Å²) >= 11 is 0. The Kier molecular flexibility index (Phi) is 4.70. The smallest absolute Gasteiger partial charge is 0.407 e. The van der Waals surface area contributed by atoms with E-state index in [9.17, 15) is 9.59 Å². The lowest BCUT2D eigenvalue weighted by Gasteiger charge is -2.38. The van der Waals surface area contributed by atoms with E-state index in [4.69, 9.17) is 16.6 Å². The van der Waals surface area contributed by atoms with E-state index < -0.39 is 18.2 Å². The van der Waals surface area contributed by atoms with Crippen molar-refractivity contribution in [2.45, 2.75) is 37.8 Å². The molecule has 1 unspecified atom stereocenters. The van der Waals surface area contributed by atoms with Gasteiger partial charge < -0.3 is 16.6 Å². The molecule has 1 fully saturated rings. The number of amides is 1. The molecule has 1 rings (SSSR count). The summed E-state index contributed by atoms with van der Waals surface area (Å²) in [5, 5.41) is 8.76. The topological polar surface area (TPSA) is 110 Å². The number of carbonyl (C=O) groups excluding carboxylic acids is 1. The second-order valence-electron chi connectivity index (χ2n) is 4.07. The fourth-order valence-corrected chi connectivity index (χ4v) is 1.81. The third kappa shape index (κ3) is 2.93. The van der Waals surface area contributed by atoms with Crippen molar-refractivity contribution in [3.05, 3.63) is 0 Å². The average Bonchev–Trinajstić information content (AvgIpc) is 2.15. The van der Waals surface area contributed by atoms with Gasteiger partial charge in [0.2, 0.25) is 0 Å². The molecule has 0 aromatic carbocycles. The Balaban J connectivity index is 2.36. The van der Waals surface area contributed by atoms with Gasteiger partial charge in [-0.05, 0) is 25.8 Å². The molecular formula is C10H19N3O3. The Morgan fingerprint density at radius 2 is 2.12 bits per heavy atom. The molecule has 0 saturated carbocycles. The SMILES string of the molecule is NCCCC[C@H](N)C(=O)C1CCN1C(=O)O. The first-order valence-electron chi connectivity index (χ1n) is 5.57. The lowest BCUT2D eigenvalue weighted by molar-refractivity contribution is -0.128. The Morgan fingerprint density at radius 3 is 2.56 bits per heavy atom. The number of nitrogens with two attached hydrogens (primary N) is 2. The van der Waals surface area contributed by atoms with Crippen LogP contribution in [0.4, 0.5) is 4.79 Å². The zero-order valence-electron chi connectivity index (χ0n) is 9.26. The molecule has 0 aromatic rings. The standard InChI is InChI=1S/C10H19N3O3/c11-5-2-1-3-7(12)9(14)8-4-6-13(8)10(15)16/h7-8H,1-6,11-12H2,(H,15,16)/t7-,8?/m0/s1. The first-order chi connectivity index (χ1) is 7.57. The number of nitrogens with zero attached hydrogens (tertiary/aromatic N) is 1. The van der Waals surface area contributed by atoms with E-state index in [2.05, 4.69) is 0 Å². The van der Waals surface area contributed by atoms with Gasteiger partial charge >= 0.3 is 6.09 Å². The third-order valence-corrected chi connectivity index (χ3v) is 2.93. The maximum absolute atomic E-state index is 11.8. The number of hydrogen-bond donors (Lipinski definition) is 3. The van der Waals surface area contributed by atoms with Gasteiger partial charge in [0.1, 0.15) is 0 Å². The van der Waals surface area contributed by atoms with Gasteiger partial charge in [-0.25, -0.2) is 4.79 Å². The van der Waals surface area contributed by atoms with Crippen molar-refractivity contribution in [3.63, 3.8) is 0 Å². The molecule has 1 aliphatic rings. The first-order valence-corrected chi connectivity index (χ1v) is 5.57. The minimum Gasteiger partial charge on any atom is -0.465 e. The number of likely N-dealkylation sites (tertiary alicyclic amines) is 1. The summed E-state index contributed by atoms with van der Waals surface area (Å²) in [6.45, 7) is 1.02. The molecule has 6 nitrogen and oxygen atoms in total. The van der Waals surface area contributed by atoms with E-state index in [1.807, 2.05) is 0 Å². The lowest BCUT2D eigenvalue weighted by atomic mass is 9.92. The van der Waals surface area contributed by atoms with Crippen molar-refractivity contribution in [2.24, 2.45) is 11.5 Å². The maximum atomic E-state index is 11.8. The van der Waals surface area contributed by atoms with Crippen molar-refractivity contribution in [1.29, 1.82) is 0 Å². The third-order valence-electron chi connectivity index (χ3n) is 2.93. The summed E-state index contributed by atoms with van der Waals surface area (Å²) in [6.07, 6.45) is 1.78. The Labute approximate surface area is 94.6 Å². The van der Waals surface area contributed by atoms with Crippen molar-refractivity contribution < 1.29 is 14.7 Å². The summed E-state index contributed by atoms with van der Waals surface area (Å²) in [6, 6.07) is -1.08. The van der Waals surface area contributed by atoms with E-state index in [1.54, 1.807) is 0 Å². The van der Waals surface area contributed by atoms with Crippen molar-refractivity contribution in [1.82, 2.24) is 4.90 Å². The highest BCUT2D eigenvalue weighted by Gasteiger charge is 2.39. The van der Waals surface area contributed by atoms with Crippen molar-refractivity contribution in [3.8, 4) is 0 Å².